The number of alkyl halides is 1. The molecule has 0 aliphatic rings. The van der Waals surface area contributed by atoms with Gasteiger partial charge in [0, 0.05) is 6.54 Å². The molecule has 5 nitrogen and oxygen atoms in total. The number of hydrogen-bond acceptors (Lipinski definition) is 3. The molecule has 1 aromatic carbocycles. The predicted molar refractivity (Wildman–Crippen MR) is 86.9 cm³/mol. The third-order valence-corrected chi connectivity index (χ3v) is 3.09. The van der Waals surface area contributed by atoms with Gasteiger partial charge in [0.15, 0.2) is 0 Å². The molecule has 0 bridgehead atoms. The molecule has 0 aliphatic carbocycles. The molecule has 1 rings (SSSR count). The lowest BCUT2D eigenvalue weighted by Crippen LogP contribution is -2.32. The van der Waals surface area contributed by atoms with Crippen LogP contribution < -0.4 is 10.6 Å². The Kier molecular flexibility index (Phi) is 6.48. The Morgan fingerprint density at radius 3 is 2.52 bits per heavy atom. The maximum absolute atomic E-state index is 11.5. The number of benzene rings is 1. The minimum absolute atomic E-state index is 0.184. The van der Waals surface area contributed by atoms with Crippen LogP contribution in [0.2, 0.25) is 5.02 Å². The molecule has 0 aliphatic heterocycles. The first-order valence-electron chi connectivity index (χ1n) is 6.32. The van der Waals surface area contributed by atoms with E-state index in [1.54, 1.807) is 39.0 Å². The van der Waals surface area contributed by atoms with Crippen molar-refractivity contribution < 1.29 is 14.3 Å². The largest absolute Gasteiger partial charge is 0.444 e. The average Bonchev–Trinajstić information content (AvgIpc) is 2.37. The second kappa shape index (κ2) is 7.66. The van der Waals surface area contributed by atoms with E-state index in [9.17, 15) is 9.59 Å². The van der Waals surface area contributed by atoms with Crippen molar-refractivity contribution >= 4 is 45.2 Å². The molecular formula is C14H18BrClN2O3. The second-order valence-corrected chi connectivity index (χ2v) is 6.32. The fraction of sp³-hybridized carbons (Fsp3) is 0.429. The van der Waals surface area contributed by atoms with Crippen LogP contribution in [0, 0.1) is 0 Å². The average molecular weight is 378 g/mol. The number of nitrogens with one attached hydrogen (secondary N) is 2. The summed E-state index contributed by atoms with van der Waals surface area (Å²) < 4.78 is 5.14. The monoisotopic (exact) mass is 376 g/mol. The molecule has 0 radical (unpaired) electrons. The van der Waals surface area contributed by atoms with Crippen molar-refractivity contribution in [2.75, 3.05) is 10.6 Å². The Morgan fingerprint density at radius 1 is 1.33 bits per heavy atom. The van der Waals surface area contributed by atoms with Crippen molar-refractivity contribution in [2.24, 2.45) is 0 Å². The van der Waals surface area contributed by atoms with Crippen molar-refractivity contribution in [3.8, 4) is 0 Å². The Hall–Kier alpha value is -1.27. The lowest BCUT2D eigenvalue weighted by Gasteiger charge is -2.19. The highest BCUT2D eigenvalue weighted by molar-refractivity contribution is 9.09. The molecule has 0 unspecified atom stereocenters. The summed E-state index contributed by atoms with van der Waals surface area (Å²) >= 11 is 9.14. The minimum atomic E-state index is -0.536. The van der Waals surface area contributed by atoms with Gasteiger partial charge in [0.2, 0.25) is 5.91 Å². The van der Waals surface area contributed by atoms with Crippen LogP contribution in [0.1, 0.15) is 26.3 Å². The zero-order valence-corrected chi connectivity index (χ0v) is 14.5. The van der Waals surface area contributed by atoms with Crippen molar-refractivity contribution in [1.82, 2.24) is 5.32 Å². The summed E-state index contributed by atoms with van der Waals surface area (Å²) in [5, 5.41) is 5.90. The smallest absolute Gasteiger partial charge is 0.407 e. The van der Waals surface area contributed by atoms with E-state index in [-0.39, 0.29) is 11.2 Å². The summed E-state index contributed by atoms with van der Waals surface area (Å²) in [6, 6.07) is 5.14. The molecule has 0 saturated heterocycles. The van der Waals surface area contributed by atoms with Gasteiger partial charge in [0.05, 0.1) is 16.0 Å². The maximum Gasteiger partial charge on any atom is 0.407 e. The molecule has 7 heteroatoms. The molecule has 0 atom stereocenters. The first kappa shape index (κ1) is 17.8. The summed E-state index contributed by atoms with van der Waals surface area (Å²) in [5.41, 5.74) is 0.802. The van der Waals surface area contributed by atoms with Gasteiger partial charge >= 0.3 is 6.09 Å². The molecule has 2 amide bonds. The van der Waals surface area contributed by atoms with Gasteiger partial charge in [-0.15, -0.1) is 0 Å². The first-order valence-corrected chi connectivity index (χ1v) is 7.82. The van der Waals surface area contributed by atoms with Gasteiger partial charge in [-0.25, -0.2) is 4.79 Å². The van der Waals surface area contributed by atoms with E-state index < -0.39 is 11.7 Å². The molecule has 0 heterocycles. The Bertz CT molecular complexity index is 529. The van der Waals surface area contributed by atoms with Crippen LogP contribution in [0.25, 0.3) is 0 Å². The van der Waals surface area contributed by atoms with E-state index in [1.165, 1.54) is 0 Å². The zero-order chi connectivity index (χ0) is 16.0. The highest BCUT2D eigenvalue weighted by Gasteiger charge is 2.15. The number of carbonyl (C=O) groups excluding carboxylic acids is 2. The van der Waals surface area contributed by atoms with Crippen molar-refractivity contribution in [1.29, 1.82) is 0 Å². The van der Waals surface area contributed by atoms with Crippen LogP contribution in [0.5, 0.6) is 0 Å². The standard InChI is InChI=1S/C14H18BrClN2O3/c1-14(2,3)21-13(20)17-8-9-4-5-11(10(16)6-9)18-12(19)7-15/h4-6H,7-8H2,1-3H3,(H,17,20)(H,18,19). The summed E-state index contributed by atoms with van der Waals surface area (Å²) in [7, 11) is 0. The number of rotatable bonds is 4. The maximum atomic E-state index is 11.5. The van der Waals surface area contributed by atoms with Crippen LogP contribution in [0.3, 0.4) is 0 Å². The Balaban J connectivity index is 2.60. The van der Waals surface area contributed by atoms with E-state index in [4.69, 9.17) is 16.3 Å². The molecule has 0 aromatic heterocycles. The van der Waals surface area contributed by atoms with E-state index >= 15 is 0 Å². The molecule has 0 spiro atoms. The number of amides is 2. The third-order valence-electron chi connectivity index (χ3n) is 2.26. The highest BCUT2D eigenvalue weighted by Crippen LogP contribution is 2.23. The van der Waals surface area contributed by atoms with Crippen LogP contribution in [-0.2, 0) is 16.1 Å². The normalized spacial score (nSPS) is 10.9. The molecular weight excluding hydrogens is 360 g/mol. The molecule has 116 valence electrons. The lowest BCUT2D eigenvalue weighted by molar-refractivity contribution is -0.113. The van der Waals surface area contributed by atoms with Crippen molar-refractivity contribution in [3.63, 3.8) is 0 Å². The Morgan fingerprint density at radius 2 is 2.00 bits per heavy atom. The summed E-state index contributed by atoms with van der Waals surface area (Å²) in [6.45, 7) is 5.68. The van der Waals surface area contributed by atoms with Crippen LogP contribution in [0.4, 0.5) is 10.5 Å². The quantitative estimate of drug-likeness (QED) is 0.786. The first-order chi connectivity index (χ1) is 9.71. The van der Waals surface area contributed by atoms with Crippen LogP contribution >= 0.6 is 27.5 Å². The molecule has 2 N–H and O–H groups in total. The van der Waals surface area contributed by atoms with E-state index in [1.807, 2.05) is 0 Å². The number of carbonyl (C=O) groups is 2. The van der Waals surface area contributed by atoms with Gasteiger partial charge in [0.25, 0.3) is 0 Å². The molecule has 21 heavy (non-hydrogen) atoms. The minimum Gasteiger partial charge on any atom is -0.444 e. The van der Waals surface area contributed by atoms with Crippen molar-refractivity contribution in [2.45, 2.75) is 32.9 Å². The van der Waals surface area contributed by atoms with E-state index in [2.05, 4.69) is 26.6 Å². The van der Waals surface area contributed by atoms with Gasteiger partial charge in [-0.3, -0.25) is 4.79 Å². The molecule has 1 aromatic rings. The fourth-order valence-electron chi connectivity index (χ4n) is 1.44. The van der Waals surface area contributed by atoms with Crippen molar-refractivity contribution in [3.05, 3.63) is 28.8 Å². The predicted octanol–water partition coefficient (Wildman–Crippen LogP) is 3.70. The van der Waals surface area contributed by atoms with Gasteiger partial charge < -0.3 is 15.4 Å². The number of anilines is 1. The topological polar surface area (TPSA) is 67.4 Å². The molecule has 0 fully saturated rings. The summed E-state index contributed by atoms with van der Waals surface area (Å²) in [6.07, 6.45) is -0.490. The third kappa shape index (κ3) is 6.82. The number of ether oxygens (including phenoxy) is 1. The summed E-state index contributed by atoms with van der Waals surface area (Å²) in [5.74, 6) is -0.184. The fourth-order valence-corrected chi connectivity index (χ4v) is 1.83. The number of alkyl carbamates (subject to hydrolysis) is 1. The highest BCUT2D eigenvalue weighted by atomic mass is 79.9. The zero-order valence-electron chi connectivity index (χ0n) is 12.1. The Labute approximate surface area is 137 Å². The SMILES string of the molecule is CC(C)(C)OC(=O)NCc1ccc(NC(=O)CBr)c(Cl)c1. The second-order valence-electron chi connectivity index (χ2n) is 5.35. The van der Waals surface area contributed by atoms with Gasteiger partial charge in [0.1, 0.15) is 5.60 Å². The van der Waals surface area contributed by atoms with Crippen LogP contribution in [0.15, 0.2) is 18.2 Å². The van der Waals surface area contributed by atoms with Gasteiger partial charge in [-0.05, 0) is 38.5 Å². The van der Waals surface area contributed by atoms with Gasteiger partial charge in [-0.2, -0.15) is 0 Å². The summed E-state index contributed by atoms with van der Waals surface area (Å²) in [4.78, 5) is 22.8. The number of hydrogen-bond donors (Lipinski definition) is 2. The van der Waals surface area contributed by atoms with E-state index in [0.29, 0.717) is 17.3 Å². The lowest BCUT2D eigenvalue weighted by atomic mass is 10.2. The van der Waals surface area contributed by atoms with E-state index in [0.717, 1.165) is 5.56 Å². The molecule has 0 saturated carbocycles. The number of halogens is 2. The van der Waals surface area contributed by atoms with Gasteiger partial charge in [-0.1, -0.05) is 33.6 Å². The van der Waals surface area contributed by atoms with Crippen LogP contribution in [-0.4, -0.2) is 22.9 Å².